The van der Waals surface area contributed by atoms with E-state index in [1.165, 1.54) is 18.2 Å². The molecule has 118 valence electrons. The molecular weight excluding hydrogens is 295 g/mol. The Morgan fingerprint density at radius 3 is 2.65 bits per heavy atom. The Labute approximate surface area is 133 Å². The summed E-state index contributed by atoms with van der Waals surface area (Å²) in [7, 11) is 0. The van der Waals surface area contributed by atoms with Crippen molar-refractivity contribution in [1.82, 2.24) is 9.97 Å². The van der Waals surface area contributed by atoms with Gasteiger partial charge >= 0.3 is 5.97 Å². The fourth-order valence-electron chi connectivity index (χ4n) is 2.31. The Balaban J connectivity index is 2.53. The van der Waals surface area contributed by atoms with Gasteiger partial charge in [0.05, 0.1) is 5.56 Å². The van der Waals surface area contributed by atoms with Gasteiger partial charge in [-0.25, -0.2) is 9.18 Å². The van der Waals surface area contributed by atoms with Crippen LogP contribution >= 0.6 is 0 Å². The van der Waals surface area contributed by atoms with Gasteiger partial charge in [-0.15, -0.1) is 0 Å². The number of H-pyrrole nitrogens is 1. The van der Waals surface area contributed by atoms with E-state index >= 15 is 0 Å². The van der Waals surface area contributed by atoms with Gasteiger partial charge in [0.1, 0.15) is 5.83 Å². The number of aryl methyl sites for hydroxylation is 1. The highest BCUT2D eigenvalue weighted by Crippen LogP contribution is 2.31. The Morgan fingerprint density at radius 2 is 2.04 bits per heavy atom. The lowest BCUT2D eigenvalue weighted by atomic mass is 10.0. The van der Waals surface area contributed by atoms with Gasteiger partial charge in [-0.2, -0.15) is 0 Å². The Morgan fingerprint density at radius 1 is 1.35 bits per heavy atom. The quantitative estimate of drug-likeness (QED) is 0.797. The lowest BCUT2D eigenvalue weighted by molar-refractivity contribution is 0.0697. The summed E-state index contributed by atoms with van der Waals surface area (Å²) in [6.45, 7) is 3.42. The highest BCUT2D eigenvalue weighted by molar-refractivity contribution is 6.00. The van der Waals surface area contributed by atoms with Crippen LogP contribution < -0.4 is 0 Å². The van der Waals surface area contributed by atoms with E-state index in [1.54, 1.807) is 50.5 Å². The van der Waals surface area contributed by atoms with Gasteiger partial charge in [-0.05, 0) is 49.8 Å². The number of carboxylic acid groups (broad SMARTS) is 1. The van der Waals surface area contributed by atoms with E-state index in [2.05, 4.69) is 9.97 Å². The molecule has 2 aromatic heterocycles. The molecule has 0 saturated carbocycles. The van der Waals surface area contributed by atoms with Crippen LogP contribution in [0.4, 0.5) is 4.39 Å². The van der Waals surface area contributed by atoms with Crippen LogP contribution in [0.2, 0.25) is 0 Å². The number of hydrogen-bond acceptors (Lipinski definition) is 2. The van der Waals surface area contributed by atoms with Crippen molar-refractivity contribution in [3.05, 3.63) is 71.6 Å². The van der Waals surface area contributed by atoms with Crippen LogP contribution in [0.3, 0.4) is 0 Å². The topological polar surface area (TPSA) is 66.0 Å². The molecule has 0 atom stereocenters. The molecule has 0 aliphatic rings. The van der Waals surface area contributed by atoms with Gasteiger partial charge in [0.25, 0.3) is 0 Å². The second-order valence-corrected chi connectivity index (χ2v) is 4.87. The molecule has 0 fully saturated rings. The second-order valence-electron chi connectivity index (χ2n) is 4.87. The first-order valence-corrected chi connectivity index (χ1v) is 7.07. The van der Waals surface area contributed by atoms with E-state index in [-0.39, 0.29) is 11.4 Å². The van der Waals surface area contributed by atoms with Gasteiger partial charge in [-0.3, -0.25) is 4.98 Å². The minimum Gasteiger partial charge on any atom is -0.478 e. The third-order valence-corrected chi connectivity index (χ3v) is 3.24. The lowest BCUT2D eigenvalue weighted by Crippen LogP contribution is -1.99. The number of nitrogens with one attached hydrogen (secondary N) is 1. The summed E-state index contributed by atoms with van der Waals surface area (Å²) in [5.41, 5.74) is 2.65. The van der Waals surface area contributed by atoms with E-state index in [0.29, 0.717) is 17.0 Å². The van der Waals surface area contributed by atoms with Gasteiger partial charge < -0.3 is 10.1 Å². The minimum atomic E-state index is -1.01. The fourth-order valence-corrected chi connectivity index (χ4v) is 2.31. The van der Waals surface area contributed by atoms with Crippen molar-refractivity contribution in [2.24, 2.45) is 0 Å². The third-order valence-electron chi connectivity index (χ3n) is 3.24. The van der Waals surface area contributed by atoms with E-state index in [9.17, 15) is 14.3 Å². The fraction of sp³-hybridized carbons (Fsp3) is 0.111. The average molecular weight is 312 g/mol. The average Bonchev–Trinajstić information content (AvgIpc) is 2.85. The number of halogens is 1. The molecule has 4 nitrogen and oxygen atoms in total. The van der Waals surface area contributed by atoms with Crippen LogP contribution in [0.25, 0.3) is 17.2 Å². The first-order chi connectivity index (χ1) is 11.0. The highest BCUT2D eigenvalue weighted by Gasteiger charge is 2.20. The first-order valence-electron chi connectivity index (χ1n) is 7.07. The van der Waals surface area contributed by atoms with Crippen LogP contribution in [0.15, 0.2) is 54.7 Å². The number of pyridine rings is 1. The van der Waals surface area contributed by atoms with Gasteiger partial charge in [0.15, 0.2) is 0 Å². The third kappa shape index (κ3) is 3.83. The van der Waals surface area contributed by atoms with E-state index in [1.807, 2.05) is 0 Å². The zero-order valence-electron chi connectivity index (χ0n) is 12.9. The number of aromatic nitrogens is 2. The number of aromatic carboxylic acids is 1. The molecule has 5 heteroatoms. The summed E-state index contributed by atoms with van der Waals surface area (Å²) < 4.78 is 13.4. The molecule has 2 aromatic rings. The molecule has 0 aromatic carbocycles. The van der Waals surface area contributed by atoms with Gasteiger partial charge in [-0.1, -0.05) is 12.2 Å². The molecule has 0 aliphatic heterocycles. The second kappa shape index (κ2) is 7.35. The first kappa shape index (κ1) is 16.4. The molecule has 0 radical (unpaired) electrons. The molecular formula is C18H17FN2O2. The molecule has 0 amide bonds. The smallest absolute Gasteiger partial charge is 0.338 e. The standard InChI is InChI=1S/C18H17FN2O2/c1-3-5-14(19)6-4-7-15-17(13-8-10-20-11-9-13)16(18(22)23)12(2)21-15/h3-11,21H,1-2H3,(H,22,23)/b5-3-,7-4+,14-6+. The van der Waals surface area contributed by atoms with Crippen molar-refractivity contribution in [1.29, 1.82) is 0 Å². The lowest BCUT2D eigenvalue weighted by Gasteiger charge is -2.03. The Bertz CT molecular complexity index is 787. The number of allylic oxidation sites excluding steroid dienone is 5. The maximum absolute atomic E-state index is 13.4. The van der Waals surface area contributed by atoms with Crippen molar-refractivity contribution < 1.29 is 14.3 Å². The number of nitrogens with zero attached hydrogens (tertiary/aromatic N) is 1. The van der Waals surface area contributed by atoms with Crippen molar-refractivity contribution in [2.75, 3.05) is 0 Å². The SMILES string of the molecule is C\C=C/C(F)=C\C=C\c1[nH]c(C)c(C(=O)O)c1-c1ccncc1. The van der Waals surface area contributed by atoms with Crippen molar-refractivity contribution >= 4 is 12.0 Å². The largest absolute Gasteiger partial charge is 0.478 e. The summed E-state index contributed by atoms with van der Waals surface area (Å²) in [6, 6.07) is 3.48. The normalized spacial score (nSPS) is 12.4. The minimum absolute atomic E-state index is 0.203. The van der Waals surface area contributed by atoms with Gasteiger partial charge in [0, 0.05) is 29.3 Å². The maximum Gasteiger partial charge on any atom is 0.338 e. The number of hydrogen-bond donors (Lipinski definition) is 2. The molecule has 2 heterocycles. The molecule has 2 rings (SSSR count). The number of aromatic amines is 1. The Hall–Kier alpha value is -2.95. The van der Waals surface area contributed by atoms with E-state index < -0.39 is 5.97 Å². The number of carbonyl (C=O) groups is 1. The van der Waals surface area contributed by atoms with Gasteiger partial charge in [0.2, 0.25) is 0 Å². The van der Waals surface area contributed by atoms with E-state index in [0.717, 1.165) is 5.56 Å². The summed E-state index contributed by atoms with van der Waals surface area (Å²) in [6.07, 6.45) is 10.6. The molecule has 0 unspecified atom stereocenters. The number of rotatable bonds is 5. The Kier molecular flexibility index (Phi) is 5.25. The zero-order valence-corrected chi connectivity index (χ0v) is 12.9. The van der Waals surface area contributed by atoms with E-state index in [4.69, 9.17) is 0 Å². The van der Waals surface area contributed by atoms with Crippen LogP contribution in [0.5, 0.6) is 0 Å². The summed E-state index contributed by atoms with van der Waals surface area (Å²) >= 11 is 0. The molecule has 0 spiro atoms. The zero-order chi connectivity index (χ0) is 16.8. The van der Waals surface area contributed by atoms with Crippen LogP contribution in [0, 0.1) is 6.92 Å². The van der Waals surface area contributed by atoms with Crippen molar-refractivity contribution in [2.45, 2.75) is 13.8 Å². The predicted octanol–water partition coefficient (Wildman–Crippen LogP) is 4.53. The molecule has 0 bridgehead atoms. The number of carboxylic acids is 1. The van der Waals surface area contributed by atoms with Crippen LogP contribution in [-0.2, 0) is 0 Å². The summed E-state index contributed by atoms with van der Waals surface area (Å²) in [4.78, 5) is 18.5. The van der Waals surface area contributed by atoms with Crippen LogP contribution in [-0.4, -0.2) is 21.0 Å². The molecule has 0 aliphatic carbocycles. The monoisotopic (exact) mass is 312 g/mol. The molecule has 23 heavy (non-hydrogen) atoms. The molecule has 2 N–H and O–H groups in total. The predicted molar refractivity (Wildman–Crippen MR) is 88.8 cm³/mol. The molecule has 0 saturated heterocycles. The van der Waals surface area contributed by atoms with Crippen molar-refractivity contribution in [3.63, 3.8) is 0 Å². The summed E-state index contributed by atoms with van der Waals surface area (Å²) in [5.74, 6) is -1.39. The van der Waals surface area contributed by atoms with Crippen LogP contribution in [0.1, 0.15) is 28.7 Å². The highest BCUT2D eigenvalue weighted by atomic mass is 19.1. The maximum atomic E-state index is 13.4. The van der Waals surface area contributed by atoms with Crippen molar-refractivity contribution in [3.8, 4) is 11.1 Å². The summed E-state index contributed by atoms with van der Waals surface area (Å²) in [5, 5.41) is 9.46.